The molecular formula is C17H22N2. The van der Waals surface area contributed by atoms with Crippen LogP contribution in [-0.4, -0.2) is 14.1 Å². The molecule has 0 fully saturated rings. The molecule has 2 N–H and O–H groups in total. The average Bonchev–Trinajstić information content (AvgIpc) is 2.50. The Morgan fingerprint density at radius 3 is 1.37 bits per heavy atom. The van der Waals surface area contributed by atoms with E-state index >= 15 is 0 Å². The van der Waals surface area contributed by atoms with Crippen LogP contribution in [0.5, 0.6) is 0 Å². The van der Waals surface area contributed by atoms with Crippen LogP contribution in [0.3, 0.4) is 0 Å². The fraction of sp³-hybridized carbons (Fsp3) is 0.294. The van der Waals surface area contributed by atoms with Gasteiger partial charge < -0.3 is 10.6 Å². The first-order valence-corrected chi connectivity index (χ1v) is 6.79. The minimum absolute atomic E-state index is 0.360. The van der Waals surface area contributed by atoms with E-state index in [4.69, 9.17) is 0 Å². The molecule has 0 unspecified atom stereocenters. The summed E-state index contributed by atoms with van der Waals surface area (Å²) in [6.45, 7) is 0. The molecule has 0 radical (unpaired) electrons. The summed E-state index contributed by atoms with van der Waals surface area (Å²) in [6.07, 6.45) is 1.03. The fourth-order valence-electron chi connectivity index (χ4n) is 2.45. The lowest BCUT2D eigenvalue weighted by Gasteiger charge is -2.24. The van der Waals surface area contributed by atoms with Gasteiger partial charge in [0.25, 0.3) is 0 Å². The van der Waals surface area contributed by atoms with E-state index in [1.807, 2.05) is 14.1 Å². The highest BCUT2D eigenvalue weighted by Gasteiger charge is 2.16. The average molecular weight is 254 g/mol. The van der Waals surface area contributed by atoms with Crippen LogP contribution in [0.1, 0.15) is 29.6 Å². The lowest BCUT2D eigenvalue weighted by molar-refractivity contribution is 0.447. The van der Waals surface area contributed by atoms with Gasteiger partial charge in [0.05, 0.1) is 0 Å². The van der Waals surface area contributed by atoms with Gasteiger partial charge in [-0.2, -0.15) is 0 Å². The number of hydrogen-bond acceptors (Lipinski definition) is 2. The molecule has 2 nitrogen and oxygen atoms in total. The maximum absolute atomic E-state index is 3.41. The van der Waals surface area contributed by atoms with Gasteiger partial charge in [-0.15, -0.1) is 0 Å². The van der Waals surface area contributed by atoms with E-state index in [9.17, 15) is 0 Å². The van der Waals surface area contributed by atoms with E-state index in [1.165, 1.54) is 11.1 Å². The maximum atomic E-state index is 3.41. The standard InChI is InChI=1S/C17H22N2/c1-18-16(14-9-5-3-6-10-14)13-17(19-2)15-11-7-4-8-12-15/h3-12,16-19H,13H2,1-2H3/t16-,17-/m1/s1. The number of rotatable bonds is 6. The zero-order valence-corrected chi connectivity index (χ0v) is 11.6. The third kappa shape index (κ3) is 3.66. The predicted octanol–water partition coefficient (Wildman–Crippen LogP) is 3.30. The molecular weight excluding hydrogens is 232 g/mol. The molecule has 100 valence electrons. The Balaban J connectivity index is 2.13. The molecule has 0 heterocycles. The normalized spacial score (nSPS) is 14.0. The van der Waals surface area contributed by atoms with E-state index < -0.39 is 0 Å². The van der Waals surface area contributed by atoms with E-state index in [1.54, 1.807) is 0 Å². The molecule has 0 bridgehead atoms. The van der Waals surface area contributed by atoms with Crippen molar-refractivity contribution in [1.82, 2.24) is 10.6 Å². The molecule has 2 rings (SSSR count). The van der Waals surface area contributed by atoms with Gasteiger partial charge in [0.1, 0.15) is 0 Å². The van der Waals surface area contributed by atoms with Crippen LogP contribution < -0.4 is 10.6 Å². The summed E-state index contributed by atoms with van der Waals surface area (Å²) >= 11 is 0. The van der Waals surface area contributed by atoms with Gasteiger partial charge in [-0.25, -0.2) is 0 Å². The quantitative estimate of drug-likeness (QED) is 0.826. The molecule has 0 saturated heterocycles. The van der Waals surface area contributed by atoms with Crippen molar-refractivity contribution < 1.29 is 0 Å². The van der Waals surface area contributed by atoms with Crippen molar-refractivity contribution >= 4 is 0 Å². The van der Waals surface area contributed by atoms with Gasteiger partial charge in [0.2, 0.25) is 0 Å². The highest BCUT2D eigenvalue weighted by atomic mass is 14.9. The monoisotopic (exact) mass is 254 g/mol. The van der Waals surface area contributed by atoms with E-state index in [0.29, 0.717) is 12.1 Å². The highest BCUT2D eigenvalue weighted by Crippen LogP contribution is 2.25. The fourth-order valence-corrected chi connectivity index (χ4v) is 2.45. The van der Waals surface area contributed by atoms with Crippen LogP contribution in [0, 0.1) is 0 Å². The number of benzene rings is 2. The summed E-state index contributed by atoms with van der Waals surface area (Å²) in [6, 6.07) is 21.9. The Morgan fingerprint density at radius 2 is 1.05 bits per heavy atom. The van der Waals surface area contributed by atoms with Gasteiger partial charge in [0.15, 0.2) is 0 Å². The van der Waals surface area contributed by atoms with Crippen molar-refractivity contribution in [2.75, 3.05) is 14.1 Å². The topological polar surface area (TPSA) is 24.1 Å². The Morgan fingerprint density at radius 1 is 0.684 bits per heavy atom. The number of hydrogen-bond donors (Lipinski definition) is 2. The smallest absolute Gasteiger partial charge is 0.0335 e. The van der Waals surface area contributed by atoms with Gasteiger partial charge in [-0.1, -0.05) is 60.7 Å². The van der Waals surface area contributed by atoms with Crippen molar-refractivity contribution in [3.63, 3.8) is 0 Å². The molecule has 0 aromatic heterocycles. The molecule has 2 atom stereocenters. The van der Waals surface area contributed by atoms with Crippen molar-refractivity contribution in [2.24, 2.45) is 0 Å². The second-order valence-electron chi connectivity index (χ2n) is 4.74. The zero-order chi connectivity index (χ0) is 13.5. The van der Waals surface area contributed by atoms with E-state index in [0.717, 1.165) is 6.42 Å². The summed E-state index contributed by atoms with van der Waals surface area (Å²) in [4.78, 5) is 0. The Bertz CT molecular complexity index is 422. The third-order valence-corrected chi connectivity index (χ3v) is 3.57. The molecule has 19 heavy (non-hydrogen) atoms. The summed E-state index contributed by atoms with van der Waals surface area (Å²) in [5.41, 5.74) is 2.67. The Labute approximate surface area is 115 Å². The second-order valence-corrected chi connectivity index (χ2v) is 4.74. The Hall–Kier alpha value is -1.64. The first kappa shape index (κ1) is 13.8. The minimum Gasteiger partial charge on any atom is -0.313 e. The summed E-state index contributed by atoms with van der Waals surface area (Å²) in [7, 11) is 4.05. The van der Waals surface area contributed by atoms with Crippen molar-refractivity contribution in [2.45, 2.75) is 18.5 Å². The highest BCUT2D eigenvalue weighted by molar-refractivity contribution is 5.22. The van der Waals surface area contributed by atoms with E-state index in [2.05, 4.69) is 71.3 Å². The maximum Gasteiger partial charge on any atom is 0.0335 e. The summed E-state index contributed by atoms with van der Waals surface area (Å²) in [5, 5.41) is 6.83. The van der Waals surface area contributed by atoms with Gasteiger partial charge in [-0.3, -0.25) is 0 Å². The van der Waals surface area contributed by atoms with Crippen LogP contribution in [-0.2, 0) is 0 Å². The first-order chi connectivity index (χ1) is 9.35. The minimum atomic E-state index is 0.360. The van der Waals surface area contributed by atoms with Crippen molar-refractivity contribution in [3.8, 4) is 0 Å². The lowest BCUT2D eigenvalue weighted by Crippen LogP contribution is -2.25. The predicted molar refractivity (Wildman–Crippen MR) is 81.1 cm³/mol. The van der Waals surface area contributed by atoms with Crippen molar-refractivity contribution in [1.29, 1.82) is 0 Å². The van der Waals surface area contributed by atoms with Crippen molar-refractivity contribution in [3.05, 3.63) is 71.8 Å². The summed E-state index contributed by atoms with van der Waals surface area (Å²) in [5.74, 6) is 0. The SMILES string of the molecule is CN[C@H](C[C@@H](NC)c1ccccc1)c1ccccc1. The number of nitrogens with one attached hydrogen (secondary N) is 2. The van der Waals surface area contributed by atoms with Crippen LogP contribution in [0.15, 0.2) is 60.7 Å². The van der Waals surface area contributed by atoms with E-state index in [-0.39, 0.29) is 0 Å². The Kier molecular flexibility index (Phi) is 5.13. The third-order valence-electron chi connectivity index (χ3n) is 3.57. The molecule has 2 heteroatoms. The molecule has 0 aliphatic rings. The largest absolute Gasteiger partial charge is 0.313 e. The molecule has 2 aromatic carbocycles. The molecule has 0 amide bonds. The molecule has 0 saturated carbocycles. The first-order valence-electron chi connectivity index (χ1n) is 6.79. The van der Waals surface area contributed by atoms with Gasteiger partial charge in [-0.05, 0) is 31.6 Å². The van der Waals surface area contributed by atoms with Crippen LogP contribution in [0.2, 0.25) is 0 Å². The molecule has 0 aliphatic carbocycles. The van der Waals surface area contributed by atoms with Crippen LogP contribution >= 0.6 is 0 Å². The van der Waals surface area contributed by atoms with Crippen LogP contribution in [0.25, 0.3) is 0 Å². The molecule has 2 aromatic rings. The molecule has 0 spiro atoms. The van der Waals surface area contributed by atoms with Crippen LogP contribution in [0.4, 0.5) is 0 Å². The zero-order valence-electron chi connectivity index (χ0n) is 11.6. The summed E-state index contributed by atoms with van der Waals surface area (Å²) < 4.78 is 0. The lowest BCUT2D eigenvalue weighted by atomic mass is 9.95. The second kappa shape index (κ2) is 7.07. The van der Waals surface area contributed by atoms with Gasteiger partial charge >= 0.3 is 0 Å². The molecule has 0 aliphatic heterocycles. The van der Waals surface area contributed by atoms with Gasteiger partial charge in [0, 0.05) is 12.1 Å².